The van der Waals surface area contributed by atoms with Gasteiger partial charge in [0, 0.05) is 51.7 Å². The van der Waals surface area contributed by atoms with E-state index < -0.39 is 6.10 Å². The zero-order valence-corrected chi connectivity index (χ0v) is 13.9. The fourth-order valence-corrected chi connectivity index (χ4v) is 2.84. The van der Waals surface area contributed by atoms with E-state index in [4.69, 9.17) is 4.74 Å². The molecular weight excluding hydrogens is 311 g/mol. The number of rotatable bonds is 4. The van der Waals surface area contributed by atoms with E-state index in [1.807, 2.05) is 17.8 Å². The summed E-state index contributed by atoms with van der Waals surface area (Å²) in [5.74, 6) is 0.809. The Morgan fingerprint density at radius 1 is 1.29 bits per heavy atom. The highest BCUT2D eigenvalue weighted by Gasteiger charge is 2.27. The third kappa shape index (κ3) is 3.50. The van der Waals surface area contributed by atoms with Crippen molar-refractivity contribution in [3.05, 3.63) is 42.5 Å². The minimum Gasteiger partial charge on any atom is -0.481 e. The minimum absolute atomic E-state index is 0.0845. The molecule has 0 radical (unpaired) electrons. The largest absolute Gasteiger partial charge is 0.481 e. The van der Waals surface area contributed by atoms with Crippen LogP contribution in [0.1, 0.15) is 6.92 Å². The number of piperazine rings is 1. The number of aryl methyl sites for hydroxylation is 1. The van der Waals surface area contributed by atoms with Gasteiger partial charge in [-0.2, -0.15) is 0 Å². The number of carbonyl (C=O) groups excluding carboxylic acids is 1. The quantitative estimate of drug-likeness (QED) is 0.855. The third-order valence-electron chi connectivity index (χ3n) is 4.13. The molecule has 0 aliphatic carbocycles. The number of halogens is 1. The van der Waals surface area contributed by atoms with Gasteiger partial charge < -0.3 is 19.1 Å². The zero-order valence-electron chi connectivity index (χ0n) is 13.9. The lowest BCUT2D eigenvalue weighted by atomic mass is 10.2. The fraction of sp³-hybridized carbons (Fsp3) is 0.412. The van der Waals surface area contributed by atoms with Crippen LogP contribution in [0, 0.1) is 5.82 Å². The Bertz CT molecular complexity index is 710. The lowest BCUT2D eigenvalue weighted by Gasteiger charge is -2.36. The number of benzene rings is 1. The number of imidazole rings is 1. The van der Waals surface area contributed by atoms with E-state index >= 15 is 0 Å². The summed E-state index contributed by atoms with van der Waals surface area (Å²) < 4.78 is 20.7. The van der Waals surface area contributed by atoms with Gasteiger partial charge in [-0.1, -0.05) is 6.07 Å². The van der Waals surface area contributed by atoms with Crippen LogP contribution in [-0.2, 0) is 11.8 Å². The molecule has 3 rings (SSSR count). The van der Waals surface area contributed by atoms with Crippen LogP contribution in [0.15, 0.2) is 36.7 Å². The zero-order chi connectivity index (χ0) is 17.1. The van der Waals surface area contributed by atoms with Gasteiger partial charge in [-0.15, -0.1) is 0 Å². The van der Waals surface area contributed by atoms with E-state index in [-0.39, 0.29) is 11.7 Å². The van der Waals surface area contributed by atoms with Crippen LogP contribution in [0.4, 0.5) is 10.3 Å². The Kier molecular flexibility index (Phi) is 4.69. The van der Waals surface area contributed by atoms with Crippen LogP contribution in [0.5, 0.6) is 5.75 Å². The molecule has 1 saturated heterocycles. The van der Waals surface area contributed by atoms with Crippen LogP contribution < -0.4 is 9.64 Å². The molecule has 1 fully saturated rings. The molecule has 2 aromatic rings. The molecule has 128 valence electrons. The van der Waals surface area contributed by atoms with Gasteiger partial charge in [-0.25, -0.2) is 9.37 Å². The molecule has 1 aliphatic rings. The lowest BCUT2D eigenvalue weighted by molar-refractivity contribution is -0.138. The second-order valence-electron chi connectivity index (χ2n) is 5.87. The van der Waals surface area contributed by atoms with Crippen molar-refractivity contribution in [2.45, 2.75) is 13.0 Å². The third-order valence-corrected chi connectivity index (χ3v) is 4.13. The predicted molar refractivity (Wildman–Crippen MR) is 88.5 cm³/mol. The molecule has 0 saturated carbocycles. The molecule has 2 heterocycles. The van der Waals surface area contributed by atoms with Crippen LogP contribution in [0.2, 0.25) is 0 Å². The van der Waals surface area contributed by atoms with Crippen molar-refractivity contribution < 1.29 is 13.9 Å². The molecular formula is C17H21FN4O2. The Morgan fingerprint density at radius 2 is 2.04 bits per heavy atom. The van der Waals surface area contributed by atoms with Gasteiger partial charge in [0.2, 0.25) is 5.95 Å². The first-order valence-electron chi connectivity index (χ1n) is 7.98. The Labute approximate surface area is 140 Å². The first-order valence-corrected chi connectivity index (χ1v) is 7.98. The highest BCUT2D eigenvalue weighted by atomic mass is 19.1. The number of ether oxygens (including phenoxy) is 1. The lowest BCUT2D eigenvalue weighted by Crippen LogP contribution is -2.52. The minimum atomic E-state index is -0.647. The molecule has 1 aromatic carbocycles. The Balaban J connectivity index is 1.55. The summed E-state index contributed by atoms with van der Waals surface area (Å²) in [5.41, 5.74) is 0. The number of aromatic nitrogens is 2. The van der Waals surface area contributed by atoms with E-state index in [0.717, 1.165) is 19.0 Å². The van der Waals surface area contributed by atoms with Gasteiger partial charge in [0.25, 0.3) is 5.91 Å². The predicted octanol–water partition coefficient (Wildman–Crippen LogP) is 1.68. The Hall–Kier alpha value is -2.57. The molecule has 0 bridgehead atoms. The van der Waals surface area contributed by atoms with Crippen LogP contribution in [0.25, 0.3) is 0 Å². The topological polar surface area (TPSA) is 50.6 Å². The molecule has 7 heteroatoms. The maximum Gasteiger partial charge on any atom is 0.263 e. The van der Waals surface area contributed by atoms with Crippen LogP contribution >= 0.6 is 0 Å². The molecule has 1 aromatic heterocycles. The van der Waals surface area contributed by atoms with Gasteiger partial charge in [0.15, 0.2) is 6.10 Å². The van der Waals surface area contributed by atoms with Gasteiger partial charge >= 0.3 is 0 Å². The molecule has 1 amide bonds. The maximum atomic E-state index is 13.2. The molecule has 0 spiro atoms. The summed E-state index contributed by atoms with van der Waals surface area (Å²) in [6.45, 7) is 4.37. The summed E-state index contributed by atoms with van der Waals surface area (Å²) in [6.07, 6.45) is 3.02. The van der Waals surface area contributed by atoms with Crippen molar-refractivity contribution in [3.8, 4) is 5.75 Å². The SMILES string of the molecule is CC(Oc1cccc(F)c1)C(=O)N1CCN(c2nccn2C)CC1. The van der Waals surface area contributed by atoms with Crippen molar-refractivity contribution in [3.63, 3.8) is 0 Å². The fourth-order valence-electron chi connectivity index (χ4n) is 2.84. The molecule has 1 atom stereocenters. The van der Waals surface area contributed by atoms with Gasteiger partial charge in [0.1, 0.15) is 11.6 Å². The number of carbonyl (C=O) groups is 1. The smallest absolute Gasteiger partial charge is 0.263 e. The van der Waals surface area contributed by atoms with Gasteiger partial charge in [0.05, 0.1) is 0 Å². The van der Waals surface area contributed by atoms with Gasteiger partial charge in [-0.05, 0) is 19.1 Å². The number of nitrogens with zero attached hydrogens (tertiary/aromatic N) is 4. The molecule has 0 N–H and O–H groups in total. The van der Waals surface area contributed by atoms with Crippen molar-refractivity contribution in [1.82, 2.24) is 14.5 Å². The van der Waals surface area contributed by atoms with E-state index in [1.165, 1.54) is 12.1 Å². The molecule has 24 heavy (non-hydrogen) atoms. The standard InChI is InChI=1S/C17H21FN4O2/c1-13(24-15-5-3-4-14(18)12-15)16(23)21-8-10-22(11-9-21)17-19-6-7-20(17)2/h3-7,12-13H,8-11H2,1-2H3. The summed E-state index contributed by atoms with van der Waals surface area (Å²) in [7, 11) is 1.95. The number of amides is 1. The second-order valence-corrected chi connectivity index (χ2v) is 5.87. The first-order chi connectivity index (χ1) is 11.5. The van der Waals surface area contributed by atoms with Gasteiger partial charge in [-0.3, -0.25) is 4.79 Å². The number of hydrogen-bond donors (Lipinski definition) is 0. The van der Waals surface area contributed by atoms with E-state index in [9.17, 15) is 9.18 Å². The summed E-state index contributed by atoms with van der Waals surface area (Å²) in [6, 6.07) is 5.83. The van der Waals surface area contributed by atoms with Crippen molar-refractivity contribution >= 4 is 11.9 Å². The van der Waals surface area contributed by atoms with E-state index in [2.05, 4.69) is 9.88 Å². The monoisotopic (exact) mass is 332 g/mol. The summed E-state index contributed by atoms with van der Waals surface area (Å²) in [5, 5.41) is 0. The summed E-state index contributed by atoms with van der Waals surface area (Å²) in [4.78, 5) is 20.8. The van der Waals surface area contributed by atoms with Crippen molar-refractivity contribution in [2.24, 2.45) is 7.05 Å². The highest BCUT2D eigenvalue weighted by molar-refractivity contribution is 5.81. The average molecular weight is 332 g/mol. The normalized spacial score (nSPS) is 16.1. The number of anilines is 1. The molecule has 1 aliphatic heterocycles. The Morgan fingerprint density at radius 3 is 2.67 bits per heavy atom. The first kappa shape index (κ1) is 16.3. The highest BCUT2D eigenvalue weighted by Crippen LogP contribution is 2.17. The van der Waals surface area contributed by atoms with Crippen molar-refractivity contribution in [2.75, 3.05) is 31.1 Å². The second kappa shape index (κ2) is 6.90. The van der Waals surface area contributed by atoms with Crippen molar-refractivity contribution in [1.29, 1.82) is 0 Å². The number of hydrogen-bond acceptors (Lipinski definition) is 4. The average Bonchev–Trinajstić information content (AvgIpc) is 3.00. The molecule has 1 unspecified atom stereocenters. The van der Waals surface area contributed by atoms with Crippen LogP contribution in [-0.4, -0.2) is 52.6 Å². The maximum absolute atomic E-state index is 13.2. The summed E-state index contributed by atoms with van der Waals surface area (Å²) >= 11 is 0. The van der Waals surface area contributed by atoms with Crippen LogP contribution in [0.3, 0.4) is 0 Å². The van der Waals surface area contributed by atoms with E-state index in [1.54, 1.807) is 30.2 Å². The molecule has 6 nitrogen and oxygen atoms in total. The van der Waals surface area contributed by atoms with E-state index in [0.29, 0.717) is 18.8 Å².